The molecule has 0 spiro atoms. The SMILES string of the molecule is CC(=O)Nc1ccc(S(=O)(=O)NC2CCN(c3ccc(C(F)(F)F)cn3)C2)cc1. The summed E-state index contributed by atoms with van der Waals surface area (Å²) in [4.78, 5) is 16.7. The van der Waals surface area contributed by atoms with Gasteiger partial charge in [0, 0.05) is 37.9 Å². The minimum absolute atomic E-state index is 0.0534. The van der Waals surface area contributed by atoms with Gasteiger partial charge in [0.15, 0.2) is 0 Å². The quantitative estimate of drug-likeness (QED) is 0.764. The molecular formula is C18H19F3N4O3S. The highest BCUT2D eigenvalue weighted by Gasteiger charge is 2.32. The lowest BCUT2D eigenvalue weighted by molar-refractivity contribution is -0.137. The number of benzene rings is 1. The highest BCUT2D eigenvalue weighted by molar-refractivity contribution is 7.89. The van der Waals surface area contributed by atoms with Gasteiger partial charge in [-0.05, 0) is 42.8 Å². The Morgan fingerprint density at radius 2 is 1.86 bits per heavy atom. The number of halogens is 3. The lowest BCUT2D eigenvalue weighted by Crippen LogP contribution is -2.37. The van der Waals surface area contributed by atoms with Crippen LogP contribution in [0.1, 0.15) is 18.9 Å². The van der Waals surface area contributed by atoms with Crippen molar-refractivity contribution >= 4 is 27.4 Å². The van der Waals surface area contributed by atoms with E-state index in [0.29, 0.717) is 31.0 Å². The van der Waals surface area contributed by atoms with Crippen LogP contribution in [0, 0.1) is 0 Å². The summed E-state index contributed by atoms with van der Waals surface area (Å²) in [5, 5.41) is 2.56. The molecule has 156 valence electrons. The first-order valence-corrected chi connectivity index (χ1v) is 10.2. The zero-order valence-corrected chi connectivity index (χ0v) is 16.2. The average molecular weight is 428 g/mol. The number of sulfonamides is 1. The third-order valence-electron chi connectivity index (χ3n) is 4.39. The van der Waals surface area contributed by atoms with Crippen molar-refractivity contribution in [3.05, 3.63) is 48.2 Å². The summed E-state index contributed by atoms with van der Waals surface area (Å²) in [7, 11) is -3.78. The fourth-order valence-electron chi connectivity index (χ4n) is 3.01. The van der Waals surface area contributed by atoms with Gasteiger partial charge in [-0.15, -0.1) is 0 Å². The maximum Gasteiger partial charge on any atom is 0.417 e. The Hall–Kier alpha value is -2.66. The minimum atomic E-state index is -4.45. The summed E-state index contributed by atoms with van der Waals surface area (Å²) in [6.45, 7) is 2.11. The summed E-state index contributed by atoms with van der Waals surface area (Å²) < 4.78 is 65.7. The number of alkyl halides is 3. The molecule has 1 atom stereocenters. The predicted octanol–water partition coefficient (Wildman–Crippen LogP) is 2.62. The third-order valence-corrected chi connectivity index (χ3v) is 5.93. The molecule has 1 fully saturated rings. The Balaban J connectivity index is 1.63. The van der Waals surface area contributed by atoms with Gasteiger partial charge < -0.3 is 10.2 Å². The molecule has 1 aromatic carbocycles. The summed E-state index contributed by atoms with van der Waals surface area (Å²) in [6.07, 6.45) is -3.19. The zero-order chi connectivity index (χ0) is 21.2. The Bertz CT molecular complexity index is 977. The molecular weight excluding hydrogens is 409 g/mol. The number of aromatic nitrogens is 1. The molecule has 0 bridgehead atoms. The molecule has 0 saturated carbocycles. The molecule has 11 heteroatoms. The third kappa shape index (κ3) is 5.24. The first-order chi connectivity index (χ1) is 13.5. The van der Waals surface area contributed by atoms with E-state index in [-0.39, 0.29) is 10.8 Å². The van der Waals surface area contributed by atoms with E-state index < -0.39 is 27.8 Å². The van der Waals surface area contributed by atoms with E-state index >= 15 is 0 Å². The molecule has 7 nitrogen and oxygen atoms in total. The lowest BCUT2D eigenvalue weighted by Gasteiger charge is -2.18. The Morgan fingerprint density at radius 3 is 2.41 bits per heavy atom. The number of nitrogens with zero attached hydrogens (tertiary/aromatic N) is 2. The number of rotatable bonds is 5. The Labute approximate surface area is 166 Å². The second-order valence-electron chi connectivity index (χ2n) is 6.66. The van der Waals surface area contributed by atoms with Crippen molar-refractivity contribution in [2.75, 3.05) is 23.3 Å². The van der Waals surface area contributed by atoms with E-state index in [4.69, 9.17) is 0 Å². The van der Waals surface area contributed by atoms with Gasteiger partial charge in [-0.25, -0.2) is 18.1 Å². The average Bonchev–Trinajstić information content (AvgIpc) is 3.09. The number of amides is 1. The van der Waals surface area contributed by atoms with E-state index in [2.05, 4.69) is 15.0 Å². The van der Waals surface area contributed by atoms with E-state index in [1.54, 1.807) is 4.90 Å². The van der Waals surface area contributed by atoms with Gasteiger partial charge in [0.25, 0.3) is 0 Å². The van der Waals surface area contributed by atoms with Crippen LogP contribution >= 0.6 is 0 Å². The van der Waals surface area contributed by atoms with Crippen molar-refractivity contribution in [1.29, 1.82) is 0 Å². The molecule has 2 heterocycles. The zero-order valence-electron chi connectivity index (χ0n) is 15.4. The maximum atomic E-state index is 12.6. The summed E-state index contributed by atoms with van der Waals surface area (Å²) in [6, 6.07) is 7.58. The van der Waals surface area contributed by atoms with Gasteiger partial charge in [0.05, 0.1) is 10.5 Å². The predicted molar refractivity (Wildman–Crippen MR) is 101 cm³/mol. The molecule has 0 radical (unpaired) electrons. The van der Waals surface area contributed by atoms with Crippen molar-refractivity contribution in [2.24, 2.45) is 0 Å². The van der Waals surface area contributed by atoms with Gasteiger partial charge in [-0.3, -0.25) is 4.79 Å². The number of hydrogen-bond donors (Lipinski definition) is 2. The van der Waals surface area contributed by atoms with Crippen LogP contribution in [0.3, 0.4) is 0 Å². The van der Waals surface area contributed by atoms with Crippen LogP contribution in [-0.4, -0.2) is 38.4 Å². The highest BCUT2D eigenvalue weighted by atomic mass is 32.2. The van der Waals surface area contributed by atoms with Crippen molar-refractivity contribution in [3.63, 3.8) is 0 Å². The summed E-state index contributed by atoms with van der Waals surface area (Å²) in [5.41, 5.74) is -0.350. The van der Waals surface area contributed by atoms with Crippen LogP contribution in [0.25, 0.3) is 0 Å². The fourth-order valence-corrected chi connectivity index (χ4v) is 4.28. The number of hydrogen-bond acceptors (Lipinski definition) is 5. The number of nitrogens with one attached hydrogen (secondary N) is 2. The molecule has 2 N–H and O–H groups in total. The summed E-state index contributed by atoms with van der Waals surface area (Å²) in [5.74, 6) is 0.0982. The molecule has 2 aromatic rings. The molecule has 0 aliphatic carbocycles. The molecule has 1 aliphatic rings. The van der Waals surface area contributed by atoms with Gasteiger partial charge >= 0.3 is 6.18 Å². The second-order valence-corrected chi connectivity index (χ2v) is 8.38. The Morgan fingerprint density at radius 1 is 1.17 bits per heavy atom. The molecule has 29 heavy (non-hydrogen) atoms. The molecule has 1 unspecified atom stereocenters. The molecule has 1 amide bonds. The van der Waals surface area contributed by atoms with Crippen molar-refractivity contribution in [1.82, 2.24) is 9.71 Å². The lowest BCUT2D eigenvalue weighted by atomic mass is 10.3. The second kappa shape index (κ2) is 7.99. The van der Waals surface area contributed by atoms with Gasteiger partial charge in [-0.2, -0.15) is 13.2 Å². The smallest absolute Gasteiger partial charge is 0.355 e. The first-order valence-electron chi connectivity index (χ1n) is 8.73. The van der Waals surface area contributed by atoms with Gasteiger partial charge in [-0.1, -0.05) is 0 Å². The van der Waals surface area contributed by atoms with Gasteiger partial charge in [0.2, 0.25) is 15.9 Å². The fraction of sp³-hybridized carbons (Fsp3) is 0.333. The van der Waals surface area contributed by atoms with E-state index in [0.717, 1.165) is 12.3 Å². The van der Waals surface area contributed by atoms with E-state index in [1.807, 2.05) is 0 Å². The first kappa shape index (κ1) is 21.1. The van der Waals surface area contributed by atoms with Crippen molar-refractivity contribution < 1.29 is 26.4 Å². The van der Waals surface area contributed by atoms with Crippen LogP contribution in [0.5, 0.6) is 0 Å². The molecule has 1 aliphatic heterocycles. The van der Waals surface area contributed by atoms with Crippen LogP contribution in [0.15, 0.2) is 47.5 Å². The standard InChI is InChI=1S/C18H19F3N4O3S/c1-12(26)23-14-3-5-16(6-4-14)29(27,28)24-15-8-9-25(11-15)17-7-2-13(10-22-17)18(19,20)21/h2-7,10,15,24H,8-9,11H2,1H3,(H,23,26). The highest BCUT2D eigenvalue weighted by Crippen LogP contribution is 2.30. The number of pyridine rings is 1. The van der Waals surface area contributed by atoms with Crippen LogP contribution in [0.2, 0.25) is 0 Å². The molecule has 3 rings (SSSR count). The topological polar surface area (TPSA) is 91.4 Å². The number of carbonyl (C=O) groups is 1. The number of carbonyl (C=O) groups excluding carboxylic acids is 1. The summed E-state index contributed by atoms with van der Waals surface area (Å²) >= 11 is 0. The van der Waals surface area contributed by atoms with Gasteiger partial charge in [0.1, 0.15) is 5.82 Å². The van der Waals surface area contributed by atoms with Crippen molar-refractivity contribution in [3.8, 4) is 0 Å². The van der Waals surface area contributed by atoms with E-state index in [9.17, 15) is 26.4 Å². The maximum absolute atomic E-state index is 12.6. The van der Waals surface area contributed by atoms with Crippen LogP contribution < -0.4 is 14.9 Å². The Kier molecular flexibility index (Phi) is 5.80. The van der Waals surface area contributed by atoms with Crippen LogP contribution in [0.4, 0.5) is 24.7 Å². The monoisotopic (exact) mass is 428 g/mol. The van der Waals surface area contributed by atoms with E-state index in [1.165, 1.54) is 37.3 Å². The minimum Gasteiger partial charge on any atom is -0.355 e. The molecule has 1 saturated heterocycles. The number of anilines is 2. The largest absolute Gasteiger partial charge is 0.417 e. The normalized spacial score (nSPS) is 17.4. The molecule has 1 aromatic heterocycles. The van der Waals surface area contributed by atoms with Crippen LogP contribution in [-0.2, 0) is 21.0 Å². The van der Waals surface area contributed by atoms with Crippen molar-refractivity contribution in [2.45, 2.75) is 30.5 Å².